The molecule has 0 aliphatic rings. The largest absolute Gasteiger partial charge is 0.478 e. The van der Waals surface area contributed by atoms with E-state index in [1.165, 1.54) is 0 Å². The lowest BCUT2D eigenvalue weighted by Gasteiger charge is -2.25. The molecule has 0 aliphatic heterocycles. The van der Waals surface area contributed by atoms with Gasteiger partial charge in [0.1, 0.15) is 0 Å². The average Bonchev–Trinajstić information content (AvgIpc) is 2.18. The molecular formula is C11H10BrCl2F3O2Si. The van der Waals surface area contributed by atoms with Crippen LogP contribution >= 0.6 is 39.1 Å². The highest BCUT2D eigenvalue weighted by atomic mass is 79.9. The molecule has 0 fully saturated rings. The zero-order valence-electron chi connectivity index (χ0n) is 10.6. The molecule has 0 aromatic heterocycles. The van der Waals surface area contributed by atoms with Crippen molar-refractivity contribution in [3.8, 4) is 0 Å². The van der Waals surface area contributed by atoms with Gasteiger partial charge in [-0.25, -0.2) is 4.79 Å². The Kier molecular flexibility index (Phi) is 4.91. The summed E-state index contributed by atoms with van der Waals surface area (Å²) in [5.74, 6) is -1.74. The van der Waals surface area contributed by atoms with Crippen molar-refractivity contribution >= 4 is 58.4 Å². The van der Waals surface area contributed by atoms with E-state index in [0.717, 1.165) is 0 Å². The normalized spacial score (nSPS) is 12.7. The predicted molar refractivity (Wildman–Crippen MR) is 79.1 cm³/mol. The van der Waals surface area contributed by atoms with E-state index < -0.39 is 36.4 Å². The van der Waals surface area contributed by atoms with E-state index in [2.05, 4.69) is 15.9 Å². The predicted octanol–water partition coefficient (Wildman–Crippen LogP) is 5.02. The van der Waals surface area contributed by atoms with Crippen LogP contribution in [-0.2, 0) is 6.18 Å². The summed E-state index contributed by atoms with van der Waals surface area (Å²) in [5, 5.41) is 8.51. The van der Waals surface area contributed by atoms with Crippen LogP contribution in [0.5, 0.6) is 0 Å². The number of carbonyl (C=O) groups is 1. The van der Waals surface area contributed by atoms with Gasteiger partial charge in [-0.05, 0) is 21.1 Å². The first-order valence-corrected chi connectivity index (χ1v) is 10.4. The minimum absolute atomic E-state index is 0.0698. The monoisotopic (exact) mass is 408 g/mol. The van der Waals surface area contributed by atoms with Gasteiger partial charge in [-0.1, -0.05) is 42.8 Å². The van der Waals surface area contributed by atoms with Gasteiger partial charge in [-0.3, -0.25) is 0 Å². The number of hydrogen-bond donors (Lipinski definition) is 1. The SMILES string of the molecule is C[Si](C)(C)c1c(Cl)c(Br)c(C(=O)O)c(C(F)(F)F)c1Cl. The molecule has 1 N–H and O–H groups in total. The van der Waals surface area contributed by atoms with Crippen molar-refractivity contribution in [2.24, 2.45) is 0 Å². The van der Waals surface area contributed by atoms with Crippen LogP contribution in [0.1, 0.15) is 15.9 Å². The number of halogens is 6. The van der Waals surface area contributed by atoms with E-state index >= 15 is 0 Å². The minimum atomic E-state index is -4.88. The molecule has 9 heteroatoms. The first-order chi connectivity index (χ1) is 8.80. The number of rotatable bonds is 2. The molecule has 112 valence electrons. The van der Waals surface area contributed by atoms with Crippen molar-refractivity contribution < 1.29 is 23.1 Å². The lowest BCUT2D eigenvalue weighted by atomic mass is 10.1. The van der Waals surface area contributed by atoms with Crippen LogP contribution < -0.4 is 5.19 Å². The van der Waals surface area contributed by atoms with Gasteiger partial charge < -0.3 is 5.11 Å². The molecular weight excluding hydrogens is 400 g/mol. The molecule has 0 aliphatic carbocycles. The molecule has 0 saturated heterocycles. The molecule has 0 bridgehead atoms. The van der Waals surface area contributed by atoms with Gasteiger partial charge in [-0.15, -0.1) is 0 Å². The molecule has 0 atom stereocenters. The summed E-state index contributed by atoms with van der Waals surface area (Å²) in [6.45, 7) is 5.31. The topological polar surface area (TPSA) is 37.3 Å². The first-order valence-electron chi connectivity index (χ1n) is 5.31. The molecule has 0 unspecified atom stereocenters. The average molecular weight is 410 g/mol. The van der Waals surface area contributed by atoms with E-state index in [1.54, 1.807) is 19.6 Å². The fraction of sp³-hybridized carbons (Fsp3) is 0.364. The van der Waals surface area contributed by atoms with Gasteiger partial charge in [0.05, 0.1) is 33.7 Å². The van der Waals surface area contributed by atoms with Crippen LogP contribution in [-0.4, -0.2) is 19.1 Å². The molecule has 1 rings (SSSR count). The second kappa shape index (κ2) is 5.51. The fourth-order valence-electron chi connectivity index (χ4n) is 1.79. The van der Waals surface area contributed by atoms with E-state index in [4.69, 9.17) is 28.3 Å². The van der Waals surface area contributed by atoms with Crippen molar-refractivity contribution in [3.05, 3.63) is 25.6 Å². The van der Waals surface area contributed by atoms with Crippen LogP contribution in [0.15, 0.2) is 4.47 Å². The number of hydrogen-bond acceptors (Lipinski definition) is 1. The van der Waals surface area contributed by atoms with Crippen LogP contribution in [0.25, 0.3) is 0 Å². The molecule has 1 aromatic carbocycles. The van der Waals surface area contributed by atoms with Crippen LogP contribution in [0.3, 0.4) is 0 Å². The third-order valence-corrected chi connectivity index (χ3v) is 6.66. The number of carboxylic acids is 1. The van der Waals surface area contributed by atoms with Crippen molar-refractivity contribution in [3.63, 3.8) is 0 Å². The summed E-state index contributed by atoms with van der Waals surface area (Å²) >= 11 is 14.7. The summed E-state index contributed by atoms with van der Waals surface area (Å²) in [7, 11) is -2.31. The molecule has 0 radical (unpaired) electrons. The van der Waals surface area contributed by atoms with Crippen molar-refractivity contribution in [1.29, 1.82) is 0 Å². The van der Waals surface area contributed by atoms with Crippen molar-refractivity contribution in [2.45, 2.75) is 25.8 Å². The number of aromatic carboxylic acids is 1. The Labute approximate surface area is 133 Å². The van der Waals surface area contributed by atoms with Gasteiger partial charge in [-0.2, -0.15) is 13.2 Å². The molecule has 1 aromatic rings. The summed E-state index contributed by atoms with van der Waals surface area (Å²) in [5.41, 5.74) is -2.32. The van der Waals surface area contributed by atoms with Gasteiger partial charge in [0.25, 0.3) is 0 Å². The molecule has 0 saturated carbocycles. The Morgan fingerprint density at radius 3 is 1.95 bits per heavy atom. The maximum Gasteiger partial charge on any atom is 0.418 e. The summed E-state index contributed by atoms with van der Waals surface area (Å²) in [4.78, 5) is 11.1. The van der Waals surface area contributed by atoms with E-state index in [0.29, 0.717) is 0 Å². The van der Waals surface area contributed by atoms with E-state index in [-0.39, 0.29) is 14.7 Å². The van der Waals surface area contributed by atoms with Gasteiger partial charge in [0, 0.05) is 0 Å². The zero-order valence-corrected chi connectivity index (χ0v) is 14.7. The van der Waals surface area contributed by atoms with E-state index in [1.807, 2.05) is 0 Å². The molecule has 2 nitrogen and oxygen atoms in total. The van der Waals surface area contributed by atoms with Crippen LogP contribution in [0.4, 0.5) is 13.2 Å². The van der Waals surface area contributed by atoms with Crippen LogP contribution in [0, 0.1) is 0 Å². The zero-order chi connectivity index (χ0) is 16.0. The second-order valence-corrected chi connectivity index (χ2v) is 11.7. The third kappa shape index (κ3) is 3.15. The maximum absolute atomic E-state index is 13.2. The smallest absolute Gasteiger partial charge is 0.418 e. The van der Waals surface area contributed by atoms with Crippen molar-refractivity contribution in [1.82, 2.24) is 0 Å². The highest BCUT2D eigenvalue weighted by Crippen LogP contribution is 2.43. The number of carboxylic acid groups (broad SMARTS) is 1. The Hall–Kier alpha value is -0.243. The summed E-state index contributed by atoms with van der Waals surface area (Å²) in [6.07, 6.45) is -4.88. The number of benzene rings is 1. The molecule has 0 spiro atoms. The Morgan fingerprint density at radius 2 is 1.65 bits per heavy atom. The standard InChI is InChI=1S/C11H10BrCl2F3O2Si/c1-20(2,3)9-7(13)5(11(15,16)17)4(10(18)19)6(12)8(9)14/h1-3H3,(H,18,19). The first kappa shape index (κ1) is 17.8. The van der Waals surface area contributed by atoms with E-state index in [9.17, 15) is 18.0 Å². The highest BCUT2D eigenvalue weighted by molar-refractivity contribution is 9.10. The van der Waals surface area contributed by atoms with Crippen LogP contribution in [0.2, 0.25) is 29.7 Å². The lowest BCUT2D eigenvalue weighted by molar-refractivity contribution is -0.138. The number of alkyl halides is 3. The summed E-state index contributed by atoms with van der Waals surface area (Å²) < 4.78 is 39.2. The minimum Gasteiger partial charge on any atom is -0.478 e. The fourth-order valence-corrected chi connectivity index (χ4v) is 6.34. The Bertz CT molecular complexity index is 583. The van der Waals surface area contributed by atoms with Gasteiger partial charge in [0.2, 0.25) is 0 Å². The third-order valence-electron chi connectivity index (χ3n) is 2.57. The van der Waals surface area contributed by atoms with Gasteiger partial charge >= 0.3 is 12.1 Å². The molecule has 20 heavy (non-hydrogen) atoms. The second-order valence-electron chi connectivity index (χ2n) is 5.12. The van der Waals surface area contributed by atoms with Gasteiger partial charge in [0.15, 0.2) is 0 Å². The summed E-state index contributed by atoms with van der Waals surface area (Å²) in [6, 6.07) is 0. The molecule has 0 heterocycles. The Balaban J connectivity index is 4.00. The van der Waals surface area contributed by atoms with Crippen molar-refractivity contribution in [2.75, 3.05) is 0 Å². The quantitative estimate of drug-likeness (QED) is 0.550. The highest BCUT2D eigenvalue weighted by Gasteiger charge is 2.43. The Morgan fingerprint density at radius 1 is 1.20 bits per heavy atom. The lowest BCUT2D eigenvalue weighted by Crippen LogP contribution is -2.41. The molecule has 0 amide bonds. The maximum atomic E-state index is 13.2.